The standard InChI is InChI=1S/C13H11FN2O2/c14-9-6-7-12(11(8-9)13(15)16-17)18-10-4-2-1-3-5-10/h1-8,17H,(H2,15,16). The fourth-order valence-corrected chi connectivity index (χ4v) is 1.46. The zero-order valence-electron chi connectivity index (χ0n) is 9.38. The van der Waals surface area contributed by atoms with Gasteiger partial charge in [-0.3, -0.25) is 0 Å². The van der Waals surface area contributed by atoms with Gasteiger partial charge in [-0.15, -0.1) is 0 Å². The lowest BCUT2D eigenvalue weighted by Crippen LogP contribution is -2.14. The van der Waals surface area contributed by atoms with Crippen molar-refractivity contribution in [2.45, 2.75) is 0 Å². The third-order valence-electron chi connectivity index (χ3n) is 2.30. The first-order valence-corrected chi connectivity index (χ1v) is 5.21. The molecule has 0 aliphatic heterocycles. The Morgan fingerprint density at radius 1 is 1.17 bits per heavy atom. The molecule has 0 radical (unpaired) electrons. The van der Waals surface area contributed by atoms with Gasteiger partial charge in [-0.05, 0) is 30.3 Å². The average Bonchev–Trinajstić information content (AvgIpc) is 2.41. The Bertz CT molecular complexity index is 570. The van der Waals surface area contributed by atoms with Crippen molar-refractivity contribution in [2.24, 2.45) is 10.9 Å². The quantitative estimate of drug-likeness (QED) is 0.378. The van der Waals surface area contributed by atoms with Gasteiger partial charge in [0.2, 0.25) is 0 Å². The Morgan fingerprint density at radius 2 is 1.89 bits per heavy atom. The molecule has 5 heteroatoms. The summed E-state index contributed by atoms with van der Waals surface area (Å²) in [7, 11) is 0. The van der Waals surface area contributed by atoms with Crippen molar-refractivity contribution in [1.29, 1.82) is 0 Å². The van der Waals surface area contributed by atoms with Crippen molar-refractivity contribution < 1.29 is 14.3 Å². The van der Waals surface area contributed by atoms with E-state index in [0.717, 1.165) is 6.07 Å². The van der Waals surface area contributed by atoms with Gasteiger partial charge in [-0.25, -0.2) is 4.39 Å². The van der Waals surface area contributed by atoms with Crippen molar-refractivity contribution in [3.05, 3.63) is 59.9 Å². The van der Waals surface area contributed by atoms with Gasteiger partial charge in [0, 0.05) is 0 Å². The number of hydrogen-bond acceptors (Lipinski definition) is 3. The van der Waals surface area contributed by atoms with Crippen molar-refractivity contribution in [2.75, 3.05) is 0 Å². The summed E-state index contributed by atoms with van der Waals surface area (Å²) in [5.74, 6) is 0.200. The topological polar surface area (TPSA) is 67.8 Å². The Hall–Kier alpha value is -2.56. The number of benzene rings is 2. The van der Waals surface area contributed by atoms with Crippen molar-refractivity contribution in [3.8, 4) is 11.5 Å². The molecule has 18 heavy (non-hydrogen) atoms. The van der Waals surface area contributed by atoms with E-state index < -0.39 is 5.82 Å². The van der Waals surface area contributed by atoms with Crippen molar-refractivity contribution in [3.63, 3.8) is 0 Å². The van der Waals surface area contributed by atoms with E-state index in [1.807, 2.05) is 18.2 Å². The van der Waals surface area contributed by atoms with E-state index in [0.29, 0.717) is 11.5 Å². The highest BCUT2D eigenvalue weighted by atomic mass is 19.1. The fraction of sp³-hybridized carbons (Fsp3) is 0. The number of nitrogens with zero attached hydrogens (tertiary/aromatic N) is 1. The second kappa shape index (κ2) is 5.18. The van der Waals surface area contributed by atoms with Gasteiger partial charge in [-0.1, -0.05) is 23.4 Å². The van der Waals surface area contributed by atoms with Crippen LogP contribution >= 0.6 is 0 Å². The number of halogens is 1. The summed E-state index contributed by atoms with van der Waals surface area (Å²) in [6, 6.07) is 12.8. The molecule has 0 unspecified atom stereocenters. The first-order valence-electron chi connectivity index (χ1n) is 5.21. The van der Waals surface area contributed by atoms with Crippen LogP contribution < -0.4 is 10.5 Å². The van der Waals surface area contributed by atoms with Crippen LogP contribution in [0.1, 0.15) is 5.56 Å². The van der Waals surface area contributed by atoms with Crippen LogP contribution in [0.3, 0.4) is 0 Å². The van der Waals surface area contributed by atoms with Crippen LogP contribution in [0.2, 0.25) is 0 Å². The smallest absolute Gasteiger partial charge is 0.173 e. The summed E-state index contributed by atoms with van der Waals surface area (Å²) >= 11 is 0. The lowest BCUT2D eigenvalue weighted by molar-refractivity contribution is 0.318. The molecule has 0 atom stereocenters. The van der Waals surface area contributed by atoms with Gasteiger partial charge in [-0.2, -0.15) is 0 Å². The highest BCUT2D eigenvalue weighted by Gasteiger charge is 2.10. The van der Waals surface area contributed by atoms with E-state index in [2.05, 4.69) is 5.16 Å². The molecule has 2 aromatic carbocycles. The Labute approximate surface area is 103 Å². The molecule has 2 rings (SSSR count). The lowest BCUT2D eigenvalue weighted by atomic mass is 10.2. The largest absolute Gasteiger partial charge is 0.457 e. The van der Waals surface area contributed by atoms with Crippen LogP contribution in [0.15, 0.2) is 53.7 Å². The van der Waals surface area contributed by atoms with Gasteiger partial charge in [0.1, 0.15) is 17.3 Å². The number of para-hydroxylation sites is 1. The number of nitrogens with two attached hydrogens (primary N) is 1. The molecule has 0 saturated heterocycles. The molecule has 92 valence electrons. The minimum absolute atomic E-state index is 0.196. The van der Waals surface area contributed by atoms with E-state index in [1.54, 1.807) is 12.1 Å². The number of rotatable bonds is 3. The maximum absolute atomic E-state index is 13.1. The number of amidine groups is 1. The minimum atomic E-state index is -0.489. The van der Waals surface area contributed by atoms with E-state index in [9.17, 15) is 4.39 Å². The van der Waals surface area contributed by atoms with Gasteiger partial charge in [0.15, 0.2) is 5.84 Å². The highest BCUT2D eigenvalue weighted by Crippen LogP contribution is 2.25. The summed E-state index contributed by atoms with van der Waals surface area (Å²) in [4.78, 5) is 0. The van der Waals surface area contributed by atoms with E-state index in [4.69, 9.17) is 15.7 Å². The SMILES string of the molecule is NC(=NO)c1cc(F)ccc1Oc1ccccc1. The van der Waals surface area contributed by atoms with E-state index in [1.165, 1.54) is 12.1 Å². The Balaban J connectivity index is 2.39. The molecule has 3 N–H and O–H groups in total. The fourth-order valence-electron chi connectivity index (χ4n) is 1.46. The van der Waals surface area contributed by atoms with Crippen LogP contribution in [0.25, 0.3) is 0 Å². The molecule has 0 aliphatic rings. The first kappa shape index (κ1) is 11.9. The monoisotopic (exact) mass is 246 g/mol. The Morgan fingerprint density at radius 3 is 2.56 bits per heavy atom. The van der Waals surface area contributed by atoms with Gasteiger partial charge < -0.3 is 15.7 Å². The average molecular weight is 246 g/mol. The molecule has 0 bridgehead atoms. The number of ether oxygens (including phenoxy) is 1. The van der Waals surface area contributed by atoms with Crippen LogP contribution in [-0.4, -0.2) is 11.0 Å². The van der Waals surface area contributed by atoms with Crippen LogP contribution in [-0.2, 0) is 0 Å². The predicted molar refractivity (Wildman–Crippen MR) is 65.4 cm³/mol. The predicted octanol–water partition coefficient (Wildman–Crippen LogP) is 2.71. The molecule has 0 heterocycles. The number of hydrogen-bond donors (Lipinski definition) is 2. The third-order valence-corrected chi connectivity index (χ3v) is 2.30. The molecule has 0 amide bonds. The summed E-state index contributed by atoms with van der Waals surface area (Å²) in [6.07, 6.45) is 0. The maximum Gasteiger partial charge on any atom is 0.173 e. The summed E-state index contributed by atoms with van der Waals surface area (Å²) < 4.78 is 18.7. The van der Waals surface area contributed by atoms with E-state index >= 15 is 0 Å². The number of oxime groups is 1. The molecular weight excluding hydrogens is 235 g/mol. The zero-order valence-corrected chi connectivity index (χ0v) is 9.38. The van der Waals surface area contributed by atoms with E-state index in [-0.39, 0.29) is 11.4 Å². The molecule has 0 fully saturated rings. The minimum Gasteiger partial charge on any atom is -0.457 e. The lowest BCUT2D eigenvalue weighted by Gasteiger charge is -2.10. The van der Waals surface area contributed by atoms with Crippen molar-refractivity contribution >= 4 is 5.84 Å². The molecule has 2 aromatic rings. The molecule has 0 aromatic heterocycles. The van der Waals surface area contributed by atoms with Crippen LogP contribution in [0.4, 0.5) is 4.39 Å². The molecule has 0 spiro atoms. The normalized spacial score (nSPS) is 11.3. The van der Waals surface area contributed by atoms with Crippen LogP contribution in [0.5, 0.6) is 11.5 Å². The Kier molecular flexibility index (Phi) is 3.43. The molecule has 4 nitrogen and oxygen atoms in total. The van der Waals surface area contributed by atoms with Gasteiger partial charge in [0.25, 0.3) is 0 Å². The molecule has 0 aliphatic carbocycles. The van der Waals surface area contributed by atoms with Gasteiger partial charge >= 0.3 is 0 Å². The van der Waals surface area contributed by atoms with Gasteiger partial charge in [0.05, 0.1) is 5.56 Å². The second-order valence-electron chi connectivity index (χ2n) is 3.54. The molecular formula is C13H11FN2O2. The first-order chi connectivity index (χ1) is 8.70. The van der Waals surface area contributed by atoms with Crippen LogP contribution in [0, 0.1) is 5.82 Å². The third kappa shape index (κ3) is 2.57. The summed E-state index contributed by atoms with van der Waals surface area (Å²) in [6.45, 7) is 0. The zero-order chi connectivity index (χ0) is 13.0. The maximum atomic E-state index is 13.1. The second-order valence-corrected chi connectivity index (χ2v) is 3.54. The van der Waals surface area contributed by atoms with Crippen molar-refractivity contribution in [1.82, 2.24) is 0 Å². The summed E-state index contributed by atoms with van der Waals surface area (Å²) in [5, 5.41) is 11.5. The highest BCUT2D eigenvalue weighted by molar-refractivity contribution is 5.99. The molecule has 0 saturated carbocycles. The summed E-state index contributed by atoms with van der Waals surface area (Å²) in [5.41, 5.74) is 5.67.